The molecule has 3 fully saturated rings. The SMILES string of the molecule is CC(NC(=O)C1=C[C@@]2(C)C(CC[C@@H]3[C@H]2CC[C@]2(C)CCC[C@@H]32)N(C)C1=O)c1cccc(F)c1. The van der Waals surface area contributed by atoms with Gasteiger partial charge in [-0.1, -0.05) is 38.5 Å². The molecule has 3 saturated carbocycles. The van der Waals surface area contributed by atoms with Gasteiger partial charge in [-0.3, -0.25) is 9.59 Å². The fraction of sp³-hybridized carbons (Fsp3) is 0.643. The summed E-state index contributed by atoms with van der Waals surface area (Å²) in [7, 11) is 1.87. The zero-order chi connectivity index (χ0) is 23.5. The Morgan fingerprint density at radius 2 is 1.94 bits per heavy atom. The van der Waals surface area contributed by atoms with Crippen LogP contribution in [0.2, 0.25) is 0 Å². The van der Waals surface area contributed by atoms with Crippen molar-refractivity contribution in [2.75, 3.05) is 7.05 Å². The number of likely N-dealkylation sites (N-methyl/N-ethyl adjacent to an activating group) is 1. The summed E-state index contributed by atoms with van der Waals surface area (Å²) < 4.78 is 13.7. The zero-order valence-electron chi connectivity index (χ0n) is 20.4. The molecule has 0 saturated heterocycles. The van der Waals surface area contributed by atoms with Crippen LogP contribution in [0.25, 0.3) is 0 Å². The number of nitrogens with one attached hydrogen (secondary N) is 1. The molecule has 3 aliphatic carbocycles. The molecule has 5 rings (SSSR count). The summed E-state index contributed by atoms with van der Waals surface area (Å²) in [5, 5.41) is 2.95. The summed E-state index contributed by atoms with van der Waals surface area (Å²) in [4.78, 5) is 28.4. The van der Waals surface area contributed by atoms with Gasteiger partial charge in [-0.05, 0) is 86.3 Å². The van der Waals surface area contributed by atoms with Gasteiger partial charge in [0.2, 0.25) is 0 Å². The minimum absolute atomic E-state index is 0.147. The van der Waals surface area contributed by atoms with Gasteiger partial charge >= 0.3 is 0 Å². The number of benzene rings is 1. The lowest BCUT2D eigenvalue weighted by Gasteiger charge is -2.60. The van der Waals surface area contributed by atoms with Gasteiger partial charge in [0.1, 0.15) is 11.4 Å². The molecule has 7 atom stereocenters. The van der Waals surface area contributed by atoms with Gasteiger partial charge in [-0.15, -0.1) is 0 Å². The summed E-state index contributed by atoms with van der Waals surface area (Å²) in [5.74, 6) is 1.08. The van der Waals surface area contributed by atoms with E-state index in [4.69, 9.17) is 0 Å². The molecular formula is C28H37FN2O2. The Hall–Kier alpha value is -2.17. The Morgan fingerprint density at radius 1 is 1.15 bits per heavy atom. The third-order valence-electron chi connectivity index (χ3n) is 9.92. The second-order valence-electron chi connectivity index (χ2n) is 11.6. The average molecular weight is 453 g/mol. The minimum Gasteiger partial charge on any atom is -0.345 e. The number of carbonyl (C=O) groups excluding carboxylic acids is 2. The first-order valence-corrected chi connectivity index (χ1v) is 12.7. The van der Waals surface area contributed by atoms with Gasteiger partial charge in [-0.2, -0.15) is 0 Å². The summed E-state index contributed by atoms with van der Waals surface area (Å²) in [5.41, 5.74) is 1.23. The van der Waals surface area contributed by atoms with Crippen LogP contribution in [0.3, 0.4) is 0 Å². The van der Waals surface area contributed by atoms with Gasteiger partial charge in [-0.25, -0.2) is 4.39 Å². The van der Waals surface area contributed by atoms with Crippen molar-refractivity contribution >= 4 is 11.8 Å². The summed E-state index contributed by atoms with van der Waals surface area (Å²) >= 11 is 0. The first kappa shape index (κ1) is 22.6. The quantitative estimate of drug-likeness (QED) is 0.624. The van der Waals surface area contributed by atoms with E-state index in [2.05, 4.69) is 19.2 Å². The maximum absolute atomic E-state index is 13.7. The Morgan fingerprint density at radius 3 is 2.70 bits per heavy atom. The van der Waals surface area contributed by atoms with Gasteiger partial charge in [0.15, 0.2) is 0 Å². The van der Waals surface area contributed by atoms with Crippen molar-refractivity contribution in [3.05, 3.63) is 47.3 Å². The number of rotatable bonds is 3. The van der Waals surface area contributed by atoms with Gasteiger partial charge in [0.05, 0.1) is 6.04 Å². The van der Waals surface area contributed by atoms with Crippen LogP contribution in [-0.4, -0.2) is 29.8 Å². The molecule has 0 radical (unpaired) electrons. The minimum atomic E-state index is -0.384. The van der Waals surface area contributed by atoms with E-state index in [1.165, 1.54) is 50.7 Å². The van der Waals surface area contributed by atoms with E-state index in [0.717, 1.165) is 12.3 Å². The van der Waals surface area contributed by atoms with Crippen LogP contribution in [0.15, 0.2) is 35.9 Å². The van der Waals surface area contributed by atoms with Crippen LogP contribution in [0.1, 0.15) is 77.3 Å². The molecule has 1 aliphatic heterocycles. The Balaban J connectivity index is 1.44. The van der Waals surface area contributed by atoms with Crippen LogP contribution in [0.4, 0.5) is 4.39 Å². The smallest absolute Gasteiger partial charge is 0.259 e. The molecule has 1 aromatic carbocycles. The lowest BCUT2D eigenvalue weighted by molar-refractivity contribution is -0.141. The number of amides is 2. The maximum atomic E-state index is 13.7. The fourth-order valence-corrected chi connectivity index (χ4v) is 8.18. The second-order valence-corrected chi connectivity index (χ2v) is 11.6. The van der Waals surface area contributed by atoms with Gasteiger partial charge in [0.25, 0.3) is 11.8 Å². The van der Waals surface area contributed by atoms with Crippen molar-refractivity contribution in [3.63, 3.8) is 0 Å². The molecule has 4 nitrogen and oxygen atoms in total. The van der Waals surface area contributed by atoms with Crippen LogP contribution >= 0.6 is 0 Å². The van der Waals surface area contributed by atoms with E-state index >= 15 is 0 Å². The van der Waals surface area contributed by atoms with Gasteiger partial charge < -0.3 is 10.2 Å². The van der Waals surface area contributed by atoms with E-state index < -0.39 is 0 Å². The highest BCUT2D eigenvalue weighted by Gasteiger charge is 2.59. The van der Waals surface area contributed by atoms with E-state index in [9.17, 15) is 14.0 Å². The molecule has 2 unspecified atom stereocenters. The predicted molar refractivity (Wildman–Crippen MR) is 127 cm³/mol. The van der Waals surface area contributed by atoms with Crippen molar-refractivity contribution < 1.29 is 14.0 Å². The Labute approximate surface area is 197 Å². The van der Waals surface area contributed by atoms with Crippen LogP contribution in [-0.2, 0) is 9.59 Å². The number of carbonyl (C=O) groups is 2. The molecule has 5 heteroatoms. The highest BCUT2D eigenvalue weighted by atomic mass is 19.1. The number of nitrogens with zero attached hydrogens (tertiary/aromatic N) is 1. The molecule has 1 N–H and O–H groups in total. The molecule has 0 spiro atoms. The van der Waals surface area contributed by atoms with Crippen molar-refractivity contribution in [1.29, 1.82) is 0 Å². The highest BCUT2D eigenvalue weighted by molar-refractivity contribution is 6.19. The Kier molecular flexibility index (Phi) is 5.45. The standard InChI is InChI=1S/C28H37FN2O2/c1-17(18-7-5-8-19(29)15-18)30-25(32)21-16-28(3)23-12-14-27(2)13-6-9-22(27)20(23)10-11-24(28)31(4)26(21)33/h5,7-8,15-17,20,22-24H,6,9-14H2,1-4H3,(H,30,32)/t17?,20-,22-,23+,24?,27-,28+/m0/s1. The number of fused-ring (bicyclic) bond motifs is 5. The lowest BCUT2D eigenvalue weighted by atomic mass is 9.48. The molecule has 0 aromatic heterocycles. The molecule has 33 heavy (non-hydrogen) atoms. The zero-order valence-corrected chi connectivity index (χ0v) is 20.4. The number of hydrogen-bond acceptors (Lipinski definition) is 2. The van der Waals surface area contributed by atoms with Crippen LogP contribution in [0, 0.1) is 34.4 Å². The third-order valence-corrected chi connectivity index (χ3v) is 9.92. The Bertz CT molecular complexity index is 1010. The van der Waals surface area contributed by atoms with E-state index in [-0.39, 0.29) is 40.7 Å². The average Bonchev–Trinajstić information content (AvgIpc) is 3.18. The van der Waals surface area contributed by atoms with Crippen LogP contribution in [0.5, 0.6) is 0 Å². The van der Waals surface area contributed by atoms with Crippen molar-refractivity contribution in [2.24, 2.45) is 28.6 Å². The number of halogens is 1. The van der Waals surface area contributed by atoms with Gasteiger partial charge in [0, 0.05) is 18.5 Å². The lowest BCUT2D eigenvalue weighted by Crippen LogP contribution is -2.61. The van der Waals surface area contributed by atoms with E-state index in [1.54, 1.807) is 12.1 Å². The van der Waals surface area contributed by atoms with Crippen LogP contribution < -0.4 is 5.32 Å². The highest BCUT2D eigenvalue weighted by Crippen LogP contribution is 2.64. The molecule has 1 heterocycles. The third kappa shape index (κ3) is 3.54. The van der Waals surface area contributed by atoms with E-state index in [1.807, 2.05) is 24.9 Å². The molecule has 1 aromatic rings. The van der Waals surface area contributed by atoms with E-state index in [0.29, 0.717) is 22.8 Å². The second kappa shape index (κ2) is 7.95. The maximum Gasteiger partial charge on any atom is 0.259 e. The molecule has 4 aliphatic rings. The molecule has 178 valence electrons. The van der Waals surface area contributed by atoms with Crippen molar-refractivity contribution in [2.45, 2.75) is 77.8 Å². The molecule has 0 bridgehead atoms. The number of hydrogen-bond donors (Lipinski definition) is 1. The topological polar surface area (TPSA) is 49.4 Å². The molecule has 2 amide bonds. The summed E-state index contributed by atoms with van der Waals surface area (Å²) in [6.45, 7) is 6.61. The van der Waals surface area contributed by atoms with Crippen molar-refractivity contribution in [3.8, 4) is 0 Å². The largest absolute Gasteiger partial charge is 0.345 e. The van der Waals surface area contributed by atoms with Crippen molar-refractivity contribution in [1.82, 2.24) is 10.2 Å². The fourth-order valence-electron chi connectivity index (χ4n) is 8.18. The summed E-state index contributed by atoms with van der Waals surface area (Å²) in [6, 6.07) is 6.01. The summed E-state index contributed by atoms with van der Waals surface area (Å²) in [6.07, 6.45) is 10.7. The molecular weight excluding hydrogens is 415 g/mol. The monoisotopic (exact) mass is 452 g/mol. The first-order valence-electron chi connectivity index (χ1n) is 12.7. The predicted octanol–water partition coefficient (Wildman–Crippen LogP) is 5.40. The first-order chi connectivity index (χ1) is 15.6. The normalized spacial score (nSPS) is 38.6.